The topological polar surface area (TPSA) is 66.5 Å². The molecule has 1 aromatic carbocycles. The predicted molar refractivity (Wildman–Crippen MR) is 102 cm³/mol. The zero-order chi connectivity index (χ0) is 19.2. The van der Waals surface area contributed by atoms with Gasteiger partial charge in [-0.05, 0) is 54.7 Å². The number of hydrogen-bond donors (Lipinski definition) is 1. The second kappa shape index (κ2) is 6.64. The van der Waals surface area contributed by atoms with Crippen molar-refractivity contribution in [2.24, 2.45) is 10.8 Å². The Morgan fingerprint density at radius 2 is 2.00 bits per heavy atom. The van der Waals surface area contributed by atoms with Gasteiger partial charge in [0.25, 0.3) is 5.91 Å². The first kappa shape index (κ1) is 19.4. The highest BCUT2D eigenvalue weighted by Crippen LogP contribution is 2.53. The van der Waals surface area contributed by atoms with E-state index in [-0.39, 0.29) is 27.7 Å². The first-order valence-corrected chi connectivity index (χ1v) is 10.9. The molecule has 1 saturated heterocycles. The van der Waals surface area contributed by atoms with Crippen LogP contribution in [0, 0.1) is 10.8 Å². The summed E-state index contributed by atoms with van der Waals surface area (Å²) in [6.45, 7) is 9.78. The number of benzene rings is 1. The maximum absolute atomic E-state index is 13.3. The van der Waals surface area contributed by atoms with E-state index in [0.29, 0.717) is 18.7 Å². The zero-order valence-corrected chi connectivity index (χ0v) is 17.0. The molecule has 0 unspecified atom stereocenters. The molecule has 2 fully saturated rings. The summed E-state index contributed by atoms with van der Waals surface area (Å²) in [5, 5.41) is 2.80. The second-order valence-corrected chi connectivity index (χ2v) is 10.9. The van der Waals surface area contributed by atoms with Crippen LogP contribution in [0.3, 0.4) is 0 Å². The maximum Gasteiger partial charge on any atom is 0.251 e. The minimum absolute atomic E-state index is 0.0373. The molecule has 0 spiro atoms. The molecule has 5 nitrogen and oxygen atoms in total. The average molecular weight is 379 g/mol. The molecule has 2 atom stereocenters. The van der Waals surface area contributed by atoms with Crippen molar-refractivity contribution in [2.75, 3.05) is 13.1 Å². The smallest absolute Gasteiger partial charge is 0.251 e. The lowest BCUT2D eigenvalue weighted by Crippen LogP contribution is -2.37. The highest BCUT2D eigenvalue weighted by Gasteiger charge is 2.53. The summed E-state index contributed by atoms with van der Waals surface area (Å²) >= 11 is 0. The van der Waals surface area contributed by atoms with Crippen LogP contribution in [0.4, 0.5) is 0 Å². The van der Waals surface area contributed by atoms with E-state index in [9.17, 15) is 13.2 Å². The number of fused-ring (bicyclic) bond motifs is 2. The van der Waals surface area contributed by atoms with Gasteiger partial charge in [-0.15, -0.1) is 0 Å². The fraction of sp³-hybridized carbons (Fsp3) is 0.650. The fourth-order valence-corrected chi connectivity index (χ4v) is 6.78. The average Bonchev–Trinajstić information content (AvgIpc) is 2.82. The summed E-state index contributed by atoms with van der Waals surface area (Å²) in [4.78, 5) is 12.4. The van der Waals surface area contributed by atoms with E-state index < -0.39 is 10.0 Å². The lowest BCUT2D eigenvalue weighted by molar-refractivity contribution is 0.0953. The summed E-state index contributed by atoms with van der Waals surface area (Å²) in [6.07, 6.45) is 3.69. The van der Waals surface area contributed by atoms with Crippen molar-refractivity contribution in [3.8, 4) is 0 Å². The van der Waals surface area contributed by atoms with Gasteiger partial charge >= 0.3 is 0 Å². The molecule has 2 bridgehead atoms. The van der Waals surface area contributed by atoms with Crippen molar-refractivity contribution < 1.29 is 13.2 Å². The molecule has 0 aromatic heterocycles. The molecule has 1 aliphatic heterocycles. The second-order valence-electron chi connectivity index (χ2n) is 9.05. The molecule has 0 radical (unpaired) electrons. The van der Waals surface area contributed by atoms with Gasteiger partial charge in [0.1, 0.15) is 0 Å². The zero-order valence-electron chi connectivity index (χ0n) is 16.2. The van der Waals surface area contributed by atoms with Crippen LogP contribution in [0.25, 0.3) is 0 Å². The van der Waals surface area contributed by atoms with Gasteiger partial charge in [-0.25, -0.2) is 8.42 Å². The molecule has 1 aromatic rings. The van der Waals surface area contributed by atoms with E-state index >= 15 is 0 Å². The van der Waals surface area contributed by atoms with E-state index in [4.69, 9.17) is 0 Å². The van der Waals surface area contributed by atoms with Crippen molar-refractivity contribution in [1.82, 2.24) is 9.62 Å². The molecule has 144 valence electrons. The Balaban J connectivity index is 1.89. The van der Waals surface area contributed by atoms with Crippen molar-refractivity contribution in [2.45, 2.75) is 64.3 Å². The van der Waals surface area contributed by atoms with Crippen LogP contribution in [0.1, 0.15) is 63.7 Å². The lowest BCUT2D eigenvalue weighted by atomic mass is 9.65. The Bertz CT molecular complexity index is 803. The molecule has 6 heteroatoms. The number of nitrogens with one attached hydrogen (secondary N) is 1. The Labute approximate surface area is 157 Å². The molecule has 1 saturated carbocycles. The van der Waals surface area contributed by atoms with Crippen LogP contribution < -0.4 is 5.32 Å². The standard InChI is InChI=1S/C20H30N2O3S/c1-5-9-21-18(23)15-7-6-8-17(10-15)26(24,25)22-14-20(4)12-16(22)11-19(2,3)13-20/h6-8,10,16H,5,9,11-14H2,1-4H3,(H,21,23)/t16-,20+/m0/s1. The van der Waals surface area contributed by atoms with Gasteiger partial charge in [0, 0.05) is 24.7 Å². The van der Waals surface area contributed by atoms with E-state index in [1.54, 1.807) is 22.5 Å². The number of sulfonamides is 1. The molecule has 1 amide bonds. The van der Waals surface area contributed by atoms with E-state index in [1.165, 1.54) is 6.07 Å². The van der Waals surface area contributed by atoms with Gasteiger partial charge in [0.05, 0.1) is 4.90 Å². The summed E-state index contributed by atoms with van der Waals surface area (Å²) in [5.74, 6) is -0.225. The van der Waals surface area contributed by atoms with Gasteiger partial charge in [-0.2, -0.15) is 4.31 Å². The minimum atomic E-state index is -3.60. The molecular formula is C20H30N2O3S. The van der Waals surface area contributed by atoms with E-state index in [0.717, 1.165) is 25.7 Å². The van der Waals surface area contributed by atoms with E-state index in [2.05, 4.69) is 26.1 Å². The van der Waals surface area contributed by atoms with Crippen molar-refractivity contribution in [3.63, 3.8) is 0 Å². The molecule has 1 heterocycles. The highest BCUT2D eigenvalue weighted by atomic mass is 32.2. The Kier molecular flexibility index (Phi) is 4.95. The Hall–Kier alpha value is -1.40. The maximum atomic E-state index is 13.3. The number of nitrogens with zero attached hydrogens (tertiary/aromatic N) is 1. The summed E-state index contributed by atoms with van der Waals surface area (Å²) in [5.41, 5.74) is 0.590. The summed E-state index contributed by atoms with van der Waals surface area (Å²) in [7, 11) is -3.60. The number of rotatable bonds is 5. The van der Waals surface area contributed by atoms with Gasteiger partial charge < -0.3 is 5.32 Å². The highest BCUT2D eigenvalue weighted by molar-refractivity contribution is 7.89. The molecule has 2 aliphatic rings. The first-order chi connectivity index (χ1) is 12.1. The normalized spacial score (nSPS) is 28.1. The van der Waals surface area contributed by atoms with Gasteiger partial charge in [0.15, 0.2) is 0 Å². The molecule has 1 aliphatic carbocycles. The Morgan fingerprint density at radius 3 is 2.69 bits per heavy atom. The lowest BCUT2D eigenvalue weighted by Gasteiger charge is -2.39. The minimum Gasteiger partial charge on any atom is -0.352 e. The van der Waals surface area contributed by atoms with Crippen LogP contribution >= 0.6 is 0 Å². The monoisotopic (exact) mass is 378 g/mol. The molecule has 3 rings (SSSR count). The van der Waals surface area contributed by atoms with Crippen molar-refractivity contribution in [1.29, 1.82) is 0 Å². The molecular weight excluding hydrogens is 348 g/mol. The first-order valence-electron chi connectivity index (χ1n) is 9.46. The summed E-state index contributed by atoms with van der Waals surface area (Å²) in [6, 6.07) is 6.47. The van der Waals surface area contributed by atoms with Gasteiger partial charge in [-0.3, -0.25) is 4.79 Å². The van der Waals surface area contributed by atoms with Crippen molar-refractivity contribution in [3.05, 3.63) is 29.8 Å². The summed E-state index contributed by atoms with van der Waals surface area (Å²) < 4.78 is 28.3. The number of hydrogen-bond acceptors (Lipinski definition) is 3. The van der Waals surface area contributed by atoms with Crippen molar-refractivity contribution >= 4 is 15.9 Å². The number of carbonyl (C=O) groups is 1. The molecule has 1 N–H and O–H groups in total. The third kappa shape index (κ3) is 3.67. The van der Waals surface area contributed by atoms with Crippen LogP contribution in [-0.4, -0.2) is 37.8 Å². The third-order valence-electron chi connectivity index (χ3n) is 5.61. The SMILES string of the molecule is CCCNC(=O)c1cccc(S(=O)(=O)N2C[C@]3(C)C[C@@H]2CC(C)(C)C3)c1. The van der Waals surface area contributed by atoms with E-state index in [1.807, 2.05) is 6.92 Å². The number of amides is 1. The van der Waals surface area contributed by atoms with Crippen LogP contribution in [0.5, 0.6) is 0 Å². The molecule has 26 heavy (non-hydrogen) atoms. The fourth-order valence-electron chi connectivity index (χ4n) is 4.96. The van der Waals surface area contributed by atoms with Crippen LogP contribution in [0.15, 0.2) is 29.2 Å². The van der Waals surface area contributed by atoms with Gasteiger partial charge in [-0.1, -0.05) is 33.8 Å². The third-order valence-corrected chi connectivity index (χ3v) is 7.50. The predicted octanol–water partition coefficient (Wildman–Crippen LogP) is 3.42. The Morgan fingerprint density at radius 1 is 1.27 bits per heavy atom. The largest absolute Gasteiger partial charge is 0.352 e. The van der Waals surface area contributed by atoms with Crippen LogP contribution in [0.2, 0.25) is 0 Å². The van der Waals surface area contributed by atoms with Crippen LogP contribution in [-0.2, 0) is 10.0 Å². The quantitative estimate of drug-likeness (QED) is 0.854. The van der Waals surface area contributed by atoms with Gasteiger partial charge in [0.2, 0.25) is 10.0 Å². The number of carbonyl (C=O) groups excluding carboxylic acids is 1.